The molecule has 2 aromatic rings. The highest BCUT2D eigenvalue weighted by atomic mass is 32.1. The van der Waals surface area contributed by atoms with Gasteiger partial charge in [-0.25, -0.2) is 4.79 Å². The van der Waals surface area contributed by atoms with Crippen molar-refractivity contribution in [1.29, 1.82) is 0 Å². The van der Waals surface area contributed by atoms with Gasteiger partial charge in [0.15, 0.2) is 0 Å². The van der Waals surface area contributed by atoms with E-state index in [1.807, 2.05) is 12.1 Å². The first-order valence-corrected chi connectivity index (χ1v) is 6.19. The van der Waals surface area contributed by atoms with Gasteiger partial charge in [0.05, 0.1) is 12.7 Å². The number of benzene rings is 1. The molecule has 0 aliphatic carbocycles. The maximum Gasteiger partial charge on any atom is 0.337 e. The number of hydrogen-bond acceptors (Lipinski definition) is 3. The SMILES string of the molecule is COC(=O)c1ccc(-c2cc(C)c(C)s2)cc1. The minimum absolute atomic E-state index is 0.296. The fraction of sp³-hybridized carbons (Fsp3) is 0.214. The van der Waals surface area contributed by atoms with Crippen LogP contribution in [0, 0.1) is 13.8 Å². The van der Waals surface area contributed by atoms with Gasteiger partial charge in [-0.1, -0.05) is 12.1 Å². The fourth-order valence-electron chi connectivity index (χ4n) is 1.60. The Labute approximate surface area is 105 Å². The molecule has 0 N–H and O–H groups in total. The summed E-state index contributed by atoms with van der Waals surface area (Å²) in [5.74, 6) is -0.296. The molecular weight excluding hydrogens is 232 g/mol. The molecule has 0 atom stereocenters. The van der Waals surface area contributed by atoms with Crippen molar-refractivity contribution in [2.24, 2.45) is 0 Å². The molecule has 0 saturated heterocycles. The van der Waals surface area contributed by atoms with Gasteiger partial charge in [-0.05, 0) is 43.2 Å². The summed E-state index contributed by atoms with van der Waals surface area (Å²) in [5.41, 5.74) is 3.03. The van der Waals surface area contributed by atoms with E-state index in [1.165, 1.54) is 22.4 Å². The molecule has 0 radical (unpaired) electrons. The topological polar surface area (TPSA) is 26.3 Å². The smallest absolute Gasteiger partial charge is 0.337 e. The molecule has 0 aliphatic rings. The summed E-state index contributed by atoms with van der Waals surface area (Å²) in [4.78, 5) is 13.9. The highest BCUT2D eigenvalue weighted by Gasteiger charge is 2.07. The third-order valence-corrected chi connectivity index (χ3v) is 3.96. The summed E-state index contributed by atoms with van der Waals surface area (Å²) in [6, 6.07) is 9.68. The monoisotopic (exact) mass is 246 g/mol. The molecule has 0 saturated carbocycles. The van der Waals surface area contributed by atoms with Gasteiger partial charge in [0.25, 0.3) is 0 Å². The Kier molecular flexibility index (Phi) is 3.29. The van der Waals surface area contributed by atoms with E-state index in [0.717, 1.165) is 5.56 Å². The molecule has 0 aliphatic heterocycles. The van der Waals surface area contributed by atoms with Crippen LogP contribution in [0.3, 0.4) is 0 Å². The maximum atomic E-state index is 11.3. The molecule has 1 aromatic heterocycles. The van der Waals surface area contributed by atoms with Crippen molar-refractivity contribution in [1.82, 2.24) is 0 Å². The minimum atomic E-state index is -0.296. The number of aryl methyl sites for hydroxylation is 2. The van der Waals surface area contributed by atoms with Crippen molar-refractivity contribution in [2.75, 3.05) is 7.11 Å². The highest BCUT2D eigenvalue weighted by Crippen LogP contribution is 2.30. The predicted octanol–water partition coefficient (Wildman–Crippen LogP) is 3.82. The van der Waals surface area contributed by atoms with Crippen LogP contribution >= 0.6 is 11.3 Å². The summed E-state index contributed by atoms with van der Waals surface area (Å²) >= 11 is 1.77. The van der Waals surface area contributed by atoms with Gasteiger partial charge >= 0.3 is 5.97 Å². The summed E-state index contributed by atoms with van der Waals surface area (Å²) < 4.78 is 4.67. The molecule has 88 valence electrons. The lowest BCUT2D eigenvalue weighted by atomic mass is 10.1. The molecule has 0 bridgehead atoms. The first kappa shape index (κ1) is 11.9. The Balaban J connectivity index is 2.32. The van der Waals surface area contributed by atoms with Crippen molar-refractivity contribution in [2.45, 2.75) is 13.8 Å². The van der Waals surface area contributed by atoms with E-state index in [2.05, 4.69) is 24.7 Å². The molecule has 17 heavy (non-hydrogen) atoms. The van der Waals surface area contributed by atoms with Crippen LogP contribution < -0.4 is 0 Å². The largest absolute Gasteiger partial charge is 0.465 e. The van der Waals surface area contributed by atoms with Crippen molar-refractivity contribution in [3.8, 4) is 10.4 Å². The fourth-order valence-corrected chi connectivity index (χ4v) is 2.64. The summed E-state index contributed by atoms with van der Waals surface area (Å²) in [7, 11) is 1.39. The first-order chi connectivity index (χ1) is 8.11. The molecule has 0 spiro atoms. The zero-order chi connectivity index (χ0) is 12.4. The van der Waals surface area contributed by atoms with E-state index >= 15 is 0 Å². The number of esters is 1. The van der Waals surface area contributed by atoms with Crippen LogP contribution in [-0.4, -0.2) is 13.1 Å². The summed E-state index contributed by atoms with van der Waals surface area (Å²) in [5, 5.41) is 0. The second-order valence-corrected chi connectivity index (χ2v) is 5.18. The zero-order valence-electron chi connectivity index (χ0n) is 10.1. The standard InChI is InChI=1S/C14H14O2S/c1-9-8-13(17-10(9)2)11-4-6-12(7-5-11)14(15)16-3/h4-8H,1-3H3. The van der Waals surface area contributed by atoms with Crippen LogP contribution in [0.5, 0.6) is 0 Å². The predicted molar refractivity (Wildman–Crippen MR) is 70.6 cm³/mol. The van der Waals surface area contributed by atoms with Crippen LogP contribution in [0.4, 0.5) is 0 Å². The quantitative estimate of drug-likeness (QED) is 0.753. The number of thiophene rings is 1. The van der Waals surface area contributed by atoms with Crippen molar-refractivity contribution in [3.63, 3.8) is 0 Å². The average molecular weight is 246 g/mol. The first-order valence-electron chi connectivity index (χ1n) is 5.37. The number of hydrogen-bond donors (Lipinski definition) is 0. The maximum absolute atomic E-state index is 11.3. The lowest BCUT2D eigenvalue weighted by Gasteiger charge is -2.00. The molecule has 0 amide bonds. The third-order valence-electron chi connectivity index (χ3n) is 2.76. The van der Waals surface area contributed by atoms with Crippen molar-refractivity contribution >= 4 is 17.3 Å². The Hall–Kier alpha value is -1.61. The number of ether oxygens (including phenoxy) is 1. The molecule has 3 heteroatoms. The second-order valence-electron chi connectivity index (χ2n) is 3.92. The van der Waals surface area contributed by atoms with E-state index in [4.69, 9.17) is 0 Å². The molecular formula is C14H14O2S. The van der Waals surface area contributed by atoms with Crippen LogP contribution in [0.2, 0.25) is 0 Å². The summed E-state index contributed by atoms with van der Waals surface area (Å²) in [6.45, 7) is 4.23. The molecule has 0 fully saturated rings. The molecule has 1 aromatic carbocycles. The van der Waals surface area contributed by atoms with E-state index in [9.17, 15) is 4.79 Å². The Bertz CT molecular complexity index is 518. The molecule has 2 nitrogen and oxygen atoms in total. The van der Waals surface area contributed by atoms with Gasteiger partial charge in [0, 0.05) is 9.75 Å². The third kappa shape index (κ3) is 2.39. The normalized spacial score (nSPS) is 10.3. The van der Waals surface area contributed by atoms with Gasteiger partial charge in [-0.15, -0.1) is 11.3 Å². The second kappa shape index (κ2) is 4.72. The molecule has 2 rings (SSSR count). The lowest BCUT2D eigenvalue weighted by molar-refractivity contribution is 0.0601. The summed E-state index contributed by atoms with van der Waals surface area (Å²) in [6.07, 6.45) is 0. The van der Waals surface area contributed by atoms with Gasteiger partial charge in [0.2, 0.25) is 0 Å². The average Bonchev–Trinajstić information content (AvgIpc) is 2.69. The van der Waals surface area contributed by atoms with Crippen LogP contribution in [0.15, 0.2) is 30.3 Å². The van der Waals surface area contributed by atoms with Gasteiger partial charge in [-0.3, -0.25) is 0 Å². The van der Waals surface area contributed by atoms with E-state index in [0.29, 0.717) is 5.56 Å². The Morgan fingerprint density at radius 3 is 2.29 bits per heavy atom. The number of methoxy groups -OCH3 is 1. The Morgan fingerprint density at radius 2 is 1.82 bits per heavy atom. The van der Waals surface area contributed by atoms with Gasteiger partial charge < -0.3 is 4.74 Å². The number of carbonyl (C=O) groups is 1. The van der Waals surface area contributed by atoms with E-state index in [-0.39, 0.29) is 5.97 Å². The van der Waals surface area contributed by atoms with Crippen LogP contribution in [-0.2, 0) is 4.74 Å². The van der Waals surface area contributed by atoms with E-state index in [1.54, 1.807) is 23.5 Å². The minimum Gasteiger partial charge on any atom is -0.465 e. The van der Waals surface area contributed by atoms with Crippen molar-refractivity contribution in [3.05, 3.63) is 46.3 Å². The molecule has 1 heterocycles. The van der Waals surface area contributed by atoms with Gasteiger partial charge in [-0.2, -0.15) is 0 Å². The molecule has 0 unspecified atom stereocenters. The number of rotatable bonds is 2. The highest BCUT2D eigenvalue weighted by molar-refractivity contribution is 7.15. The van der Waals surface area contributed by atoms with Crippen molar-refractivity contribution < 1.29 is 9.53 Å². The van der Waals surface area contributed by atoms with E-state index < -0.39 is 0 Å². The van der Waals surface area contributed by atoms with Gasteiger partial charge in [0.1, 0.15) is 0 Å². The van der Waals surface area contributed by atoms with Crippen LogP contribution in [0.1, 0.15) is 20.8 Å². The Morgan fingerprint density at radius 1 is 1.18 bits per heavy atom. The lowest BCUT2D eigenvalue weighted by Crippen LogP contribution is -2.00. The number of carbonyl (C=O) groups excluding carboxylic acids is 1. The van der Waals surface area contributed by atoms with Crippen LogP contribution in [0.25, 0.3) is 10.4 Å². The zero-order valence-corrected chi connectivity index (χ0v) is 10.9.